The molecule has 136 valence electrons. The summed E-state index contributed by atoms with van der Waals surface area (Å²) in [7, 11) is 0. The number of rotatable bonds is 3. The fourth-order valence-electron chi connectivity index (χ4n) is 3.03. The van der Waals surface area contributed by atoms with Crippen molar-refractivity contribution in [1.82, 2.24) is 9.13 Å². The summed E-state index contributed by atoms with van der Waals surface area (Å²) in [6.07, 6.45) is 0. The highest BCUT2D eigenvalue weighted by Gasteiger charge is 2.17. The standard InChI is InChI=1S/C20H14ClFN2O2S/c1-12-9-17-18(25)24(16-4-2-3-14(21)10-16)20(26)23(19(17)27-12)11-13-5-7-15(22)8-6-13/h2-10H,11H2,1H3. The van der Waals surface area contributed by atoms with Crippen molar-refractivity contribution in [2.75, 3.05) is 0 Å². The van der Waals surface area contributed by atoms with E-state index in [1.807, 2.05) is 6.92 Å². The van der Waals surface area contributed by atoms with Crippen LogP contribution in [-0.4, -0.2) is 9.13 Å². The van der Waals surface area contributed by atoms with E-state index in [4.69, 9.17) is 11.6 Å². The van der Waals surface area contributed by atoms with Gasteiger partial charge in [0.25, 0.3) is 5.56 Å². The molecule has 0 saturated heterocycles. The molecule has 4 rings (SSSR count). The number of hydrogen-bond acceptors (Lipinski definition) is 3. The van der Waals surface area contributed by atoms with Crippen LogP contribution in [0.25, 0.3) is 15.9 Å². The quantitative estimate of drug-likeness (QED) is 0.512. The van der Waals surface area contributed by atoms with E-state index in [2.05, 4.69) is 0 Å². The first-order valence-corrected chi connectivity index (χ1v) is 9.40. The van der Waals surface area contributed by atoms with Crippen LogP contribution < -0.4 is 11.2 Å². The average Bonchev–Trinajstić information content (AvgIpc) is 3.02. The van der Waals surface area contributed by atoms with Gasteiger partial charge in [0.15, 0.2) is 0 Å². The molecular weight excluding hydrogens is 387 g/mol. The van der Waals surface area contributed by atoms with Crippen LogP contribution in [0.4, 0.5) is 4.39 Å². The highest BCUT2D eigenvalue weighted by Crippen LogP contribution is 2.23. The lowest BCUT2D eigenvalue weighted by atomic mass is 10.2. The van der Waals surface area contributed by atoms with Crippen molar-refractivity contribution in [3.63, 3.8) is 0 Å². The number of nitrogens with zero attached hydrogens (tertiary/aromatic N) is 2. The van der Waals surface area contributed by atoms with E-state index < -0.39 is 5.69 Å². The Morgan fingerprint density at radius 2 is 1.81 bits per heavy atom. The Hall–Kier alpha value is -2.70. The molecule has 0 aliphatic rings. The van der Waals surface area contributed by atoms with Crippen LogP contribution in [0, 0.1) is 12.7 Å². The average molecular weight is 401 g/mol. The highest BCUT2D eigenvalue weighted by atomic mass is 35.5. The van der Waals surface area contributed by atoms with Crippen LogP contribution in [0.3, 0.4) is 0 Å². The number of benzene rings is 2. The predicted octanol–water partition coefficient (Wildman–Crippen LogP) is 4.36. The molecule has 0 saturated carbocycles. The minimum absolute atomic E-state index is 0.233. The van der Waals surface area contributed by atoms with Gasteiger partial charge in [-0.05, 0) is 48.9 Å². The third-order valence-electron chi connectivity index (χ3n) is 4.26. The van der Waals surface area contributed by atoms with Crippen LogP contribution in [0.1, 0.15) is 10.4 Å². The number of aryl methyl sites for hydroxylation is 1. The van der Waals surface area contributed by atoms with Gasteiger partial charge in [0.05, 0.1) is 17.6 Å². The van der Waals surface area contributed by atoms with Gasteiger partial charge in [0, 0.05) is 9.90 Å². The third-order valence-corrected chi connectivity index (χ3v) is 5.57. The first-order valence-electron chi connectivity index (χ1n) is 8.20. The summed E-state index contributed by atoms with van der Waals surface area (Å²) in [4.78, 5) is 27.7. The fraction of sp³-hybridized carbons (Fsp3) is 0.100. The molecule has 0 atom stereocenters. The highest BCUT2D eigenvalue weighted by molar-refractivity contribution is 7.18. The molecule has 4 nitrogen and oxygen atoms in total. The summed E-state index contributed by atoms with van der Waals surface area (Å²) in [6, 6.07) is 14.4. The summed E-state index contributed by atoms with van der Waals surface area (Å²) in [5.74, 6) is -0.341. The minimum Gasteiger partial charge on any atom is -0.280 e. The fourth-order valence-corrected chi connectivity index (χ4v) is 4.20. The van der Waals surface area contributed by atoms with Gasteiger partial charge in [-0.25, -0.2) is 13.8 Å². The van der Waals surface area contributed by atoms with Gasteiger partial charge >= 0.3 is 5.69 Å². The van der Waals surface area contributed by atoms with E-state index in [1.54, 1.807) is 47.0 Å². The smallest absolute Gasteiger partial charge is 0.280 e. The molecule has 4 aromatic rings. The van der Waals surface area contributed by atoms with Gasteiger partial charge in [-0.2, -0.15) is 0 Å². The Morgan fingerprint density at radius 1 is 1.07 bits per heavy atom. The van der Waals surface area contributed by atoms with E-state index >= 15 is 0 Å². The SMILES string of the molecule is Cc1cc2c(=O)n(-c3cccc(Cl)c3)c(=O)n(Cc3ccc(F)cc3)c2s1. The van der Waals surface area contributed by atoms with Crippen molar-refractivity contribution in [2.45, 2.75) is 13.5 Å². The zero-order valence-corrected chi connectivity index (χ0v) is 15.9. The van der Waals surface area contributed by atoms with Crippen LogP contribution >= 0.6 is 22.9 Å². The Bertz CT molecular complexity index is 1270. The molecule has 0 amide bonds. The zero-order valence-electron chi connectivity index (χ0n) is 14.3. The van der Waals surface area contributed by atoms with Crippen molar-refractivity contribution >= 4 is 33.2 Å². The Labute approximate surface area is 162 Å². The first kappa shape index (κ1) is 17.7. The molecule has 0 aliphatic heterocycles. The molecule has 2 aromatic carbocycles. The lowest BCUT2D eigenvalue weighted by molar-refractivity contribution is 0.626. The summed E-state index contributed by atoms with van der Waals surface area (Å²) < 4.78 is 15.9. The number of aromatic nitrogens is 2. The molecule has 2 aromatic heterocycles. The molecule has 0 N–H and O–H groups in total. The van der Waals surface area contributed by atoms with Crippen molar-refractivity contribution in [3.05, 3.63) is 96.7 Å². The largest absolute Gasteiger partial charge is 0.337 e. The first-order chi connectivity index (χ1) is 12.9. The van der Waals surface area contributed by atoms with E-state index in [-0.39, 0.29) is 17.9 Å². The van der Waals surface area contributed by atoms with Crippen molar-refractivity contribution in [1.29, 1.82) is 0 Å². The van der Waals surface area contributed by atoms with Crippen LogP contribution in [0.2, 0.25) is 5.02 Å². The summed E-state index contributed by atoms with van der Waals surface area (Å²) in [5, 5.41) is 0.907. The Morgan fingerprint density at radius 3 is 2.52 bits per heavy atom. The second-order valence-electron chi connectivity index (χ2n) is 6.19. The molecule has 7 heteroatoms. The lowest BCUT2D eigenvalue weighted by Crippen LogP contribution is -2.38. The molecule has 0 bridgehead atoms. The molecule has 0 unspecified atom stereocenters. The second-order valence-corrected chi connectivity index (χ2v) is 7.86. The topological polar surface area (TPSA) is 44.0 Å². The van der Waals surface area contributed by atoms with Gasteiger partial charge in [0.2, 0.25) is 0 Å². The number of hydrogen-bond donors (Lipinski definition) is 0. The number of thiophene rings is 1. The summed E-state index contributed by atoms with van der Waals surface area (Å²) in [6.45, 7) is 2.12. The molecule has 0 fully saturated rings. The Kier molecular flexibility index (Phi) is 4.45. The second kappa shape index (κ2) is 6.79. The van der Waals surface area contributed by atoms with Crippen molar-refractivity contribution < 1.29 is 4.39 Å². The molecule has 0 spiro atoms. The maximum atomic E-state index is 13.2. The maximum Gasteiger partial charge on any atom is 0.337 e. The monoisotopic (exact) mass is 400 g/mol. The maximum absolute atomic E-state index is 13.2. The van der Waals surface area contributed by atoms with E-state index in [0.29, 0.717) is 20.9 Å². The van der Waals surface area contributed by atoms with E-state index in [1.165, 1.54) is 23.5 Å². The Balaban J connectivity index is 2.01. The number of halogens is 2. The summed E-state index contributed by atoms with van der Waals surface area (Å²) in [5.41, 5.74) is 0.344. The molecule has 2 heterocycles. The lowest BCUT2D eigenvalue weighted by Gasteiger charge is -2.12. The molecular formula is C20H14ClFN2O2S. The van der Waals surface area contributed by atoms with E-state index in [9.17, 15) is 14.0 Å². The van der Waals surface area contributed by atoms with Gasteiger partial charge in [-0.1, -0.05) is 29.8 Å². The van der Waals surface area contributed by atoms with Gasteiger partial charge in [-0.15, -0.1) is 11.3 Å². The molecule has 0 aliphatic carbocycles. The molecule has 27 heavy (non-hydrogen) atoms. The zero-order chi connectivity index (χ0) is 19.1. The number of fused-ring (bicyclic) bond motifs is 1. The van der Waals surface area contributed by atoms with Crippen LogP contribution in [-0.2, 0) is 6.54 Å². The van der Waals surface area contributed by atoms with Gasteiger partial charge < -0.3 is 0 Å². The van der Waals surface area contributed by atoms with Crippen molar-refractivity contribution in [2.24, 2.45) is 0 Å². The third kappa shape index (κ3) is 3.22. The summed E-state index contributed by atoms with van der Waals surface area (Å²) >= 11 is 7.43. The molecule has 0 radical (unpaired) electrons. The normalized spacial score (nSPS) is 11.2. The van der Waals surface area contributed by atoms with Crippen LogP contribution in [0.15, 0.2) is 64.2 Å². The van der Waals surface area contributed by atoms with Crippen molar-refractivity contribution in [3.8, 4) is 5.69 Å². The minimum atomic E-state index is -0.457. The predicted molar refractivity (Wildman–Crippen MR) is 107 cm³/mol. The van der Waals surface area contributed by atoms with Gasteiger partial charge in [-0.3, -0.25) is 9.36 Å². The van der Waals surface area contributed by atoms with Gasteiger partial charge in [0.1, 0.15) is 10.6 Å². The van der Waals surface area contributed by atoms with Crippen LogP contribution in [0.5, 0.6) is 0 Å². The van der Waals surface area contributed by atoms with E-state index in [0.717, 1.165) is 15.0 Å².